The van der Waals surface area contributed by atoms with Crippen LogP contribution in [0.4, 0.5) is 4.39 Å². The van der Waals surface area contributed by atoms with E-state index in [1.165, 1.54) is 11.6 Å². The second-order valence-electron chi connectivity index (χ2n) is 3.97. The Kier molecular flexibility index (Phi) is 2.26. The summed E-state index contributed by atoms with van der Waals surface area (Å²) in [6.45, 7) is 1.70. The first-order valence-electron chi connectivity index (χ1n) is 5.42. The molecular formula is C13H12FNO. The van der Waals surface area contributed by atoms with E-state index in [0.717, 1.165) is 25.3 Å². The van der Waals surface area contributed by atoms with Gasteiger partial charge in [0.15, 0.2) is 0 Å². The highest BCUT2D eigenvalue weighted by molar-refractivity contribution is 5.59. The van der Waals surface area contributed by atoms with Crippen molar-refractivity contribution in [3.63, 3.8) is 0 Å². The van der Waals surface area contributed by atoms with Gasteiger partial charge in [-0.1, -0.05) is 12.1 Å². The Morgan fingerprint density at radius 1 is 1.25 bits per heavy atom. The first-order valence-corrected chi connectivity index (χ1v) is 5.42. The molecule has 0 unspecified atom stereocenters. The van der Waals surface area contributed by atoms with Crippen molar-refractivity contribution >= 4 is 0 Å². The van der Waals surface area contributed by atoms with Crippen LogP contribution in [-0.2, 0) is 13.0 Å². The van der Waals surface area contributed by atoms with Gasteiger partial charge in [-0.3, -0.25) is 0 Å². The molecule has 1 aliphatic rings. The Bertz CT molecular complexity index is 495. The molecule has 0 saturated heterocycles. The summed E-state index contributed by atoms with van der Waals surface area (Å²) >= 11 is 0. The summed E-state index contributed by atoms with van der Waals surface area (Å²) in [4.78, 5) is 0. The van der Waals surface area contributed by atoms with E-state index < -0.39 is 0 Å². The van der Waals surface area contributed by atoms with E-state index in [0.29, 0.717) is 11.3 Å². The zero-order valence-corrected chi connectivity index (χ0v) is 8.79. The van der Waals surface area contributed by atoms with Crippen molar-refractivity contribution in [1.29, 1.82) is 0 Å². The Morgan fingerprint density at radius 2 is 2.12 bits per heavy atom. The summed E-state index contributed by atoms with van der Waals surface area (Å²) in [6.07, 6.45) is 0.952. The summed E-state index contributed by atoms with van der Waals surface area (Å²) in [6, 6.07) is 8.65. The van der Waals surface area contributed by atoms with E-state index in [-0.39, 0.29) is 5.82 Å². The fourth-order valence-corrected chi connectivity index (χ4v) is 2.05. The lowest BCUT2D eigenvalue weighted by atomic mass is 10.1. The maximum absolute atomic E-state index is 13.6. The summed E-state index contributed by atoms with van der Waals surface area (Å²) in [7, 11) is 0. The lowest BCUT2D eigenvalue weighted by Crippen LogP contribution is -2.22. The van der Waals surface area contributed by atoms with Crippen LogP contribution in [0.5, 0.6) is 0 Å². The van der Waals surface area contributed by atoms with Crippen LogP contribution in [0, 0.1) is 5.82 Å². The molecule has 82 valence electrons. The highest BCUT2D eigenvalue weighted by atomic mass is 19.1. The van der Waals surface area contributed by atoms with Crippen molar-refractivity contribution in [3.05, 3.63) is 47.5 Å². The number of rotatable bonds is 1. The van der Waals surface area contributed by atoms with E-state index in [4.69, 9.17) is 4.42 Å². The zero-order valence-electron chi connectivity index (χ0n) is 8.79. The molecule has 1 N–H and O–H groups in total. The monoisotopic (exact) mass is 217 g/mol. The zero-order chi connectivity index (χ0) is 11.0. The van der Waals surface area contributed by atoms with Crippen molar-refractivity contribution in [2.45, 2.75) is 13.0 Å². The summed E-state index contributed by atoms with van der Waals surface area (Å²) in [5.74, 6) is 1.33. The van der Waals surface area contributed by atoms with E-state index in [1.807, 2.05) is 12.1 Å². The summed E-state index contributed by atoms with van der Waals surface area (Å²) in [5, 5.41) is 3.23. The average molecular weight is 217 g/mol. The molecule has 0 amide bonds. The van der Waals surface area contributed by atoms with Gasteiger partial charge in [0.25, 0.3) is 0 Å². The summed E-state index contributed by atoms with van der Waals surface area (Å²) in [5.41, 5.74) is 1.73. The molecule has 0 radical (unpaired) electrons. The Hall–Kier alpha value is -1.61. The number of hydrogen-bond acceptors (Lipinski definition) is 2. The molecule has 3 heteroatoms. The van der Waals surface area contributed by atoms with Gasteiger partial charge in [-0.05, 0) is 36.7 Å². The molecule has 2 nitrogen and oxygen atoms in total. The molecule has 0 spiro atoms. The number of furan rings is 1. The number of halogens is 1. The quantitative estimate of drug-likeness (QED) is 0.794. The molecule has 0 bridgehead atoms. The van der Waals surface area contributed by atoms with Gasteiger partial charge in [-0.15, -0.1) is 0 Å². The maximum Gasteiger partial charge on any atom is 0.137 e. The predicted molar refractivity (Wildman–Crippen MR) is 59.5 cm³/mol. The van der Waals surface area contributed by atoms with E-state index in [9.17, 15) is 4.39 Å². The molecule has 1 aromatic heterocycles. The topological polar surface area (TPSA) is 25.2 Å². The van der Waals surface area contributed by atoms with Gasteiger partial charge >= 0.3 is 0 Å². The molecule has 0 atom stereocenters. The van der Waals surface area contributed by atoms with Crippen molar-refractivity contribution < 1.29 is 8.81 Å². The van der Waals surface area contributed by atoms with Crippen LogP contribution in [0.2, 0.25) is 0 Å². The molecular weight excluding hydrogens is 205 g/mol. The maximum atomic E-state index is 13.6. The average Bonchev–Trinajstić information content (AvgIpc) is 2.73. The van der Waals surface area contributed by atoms with Crippen LogP contribution in [0.25, 0.3) is 11.3 Å². The normalized spacial score (nSPS) is 14.8. The van der Waals surface area contributed by atoms with Crippen LogP contribution < -0.4 is 5.32 Å². The van der Waals surface area contributed by atoms with Crippen molar-refractivity contribution in [2.75, 3.05) is 6.54 Å². The van der Waals surface area contributed by atoms with E-state index in [1.54, 1.807) is 12.1 Å². The lowest BCUT2D eigenvalue weighted by Gasteiger charge is -2.09. The molecule has 2 heterocycles. The Morgan fingerprint density at radius 3 is 2.94 bits per heavy atom. The second kappa shape index (κ2) is 3.76. The SMILES string of the molecule is Fc1ccccc1-c1cc2c(o1)CNCC2. The first-order chi connectivity index (χ1) is 7.84. The van der Waals surface area contributed by atoms with Crippen LogP contribution >= 0.6 is 0 Å². The molecule has 1 aliphatic heterocycles. The van der Waals surface area contributed by atoms with Gasteiger partial charge in [0, 0.05) is 0 Å². The van der Waals surface area contributed by atoms with Crippen molar-refractivity contribution in [2.24, 2.45) is 0 Å². The van der Waals surface area contributed by atoms with Crippen LogP contribution in [0.3, 0.4) is 0 Å². The van der Waals surface area contributed by atoms with Gasteiger partial charge in [0.05, 0.1) is 12.1 Å². The third-order valence-corrected chi connectivity index (χ3v) is 2.89. The highest BCUT2D eigenvalue weighted by Crippen LogP contribution is 2.28. The van der Waals surface area contributed by atoms with Gasteiger partial charge < -0.3 is 9.73 Å². The fourth-order valence-electron chi connectivity index (χ4n) is 2.05. The predicted octanol–water partition coefficient (Wildman–Crippen LogP) is 2.73. The number of nitrogens with one attached hydrogen (secondary N) is 1. The largest absolute Gasteiger partial charge is 0.459 e. The second-order valence-corrected chi connectivity index (χ2v) is 3.97. The minimum Gasteiger partial charge on any atom is -0.459 e. The lowest BCUT2D eigenvalue weighted by molar-refractivity contribution is 0.470. The van der Waals surface area contributed by atoms with Gasteiger partial charge in [-0.2, -0.15) is 0 Å². The molecule has 0 saturated carbocycles. The minimum absolute atomic E-state index is 0.235. The molecule has 16 heavy (non-hydrogen) atoms. The third-order valence-electron chi connectivity index (χ3n) is 2.89. The Labute approximate surface area is 93.1 Å². The standard InChI is InChI=1S/C13H12FNO/c14-11-4-2-1-3-10(11)12-7-9-5-6-15-8-13(9)16-12/h1-4,7,15H,5-6,8H2. The smallest absolute Gasteiger partial charge is 0.137 e. The fraction of sp³-hybridized carbons (Fsp3) is 0.231. The van der Waals surface area contributed by atoms with Gasteiger partial charge in [0.1, 0.15) is 17.3 Å². The molecule has 1 aromatic carbocycles. The highest BCUT2D eigenvalue weighted by Gasteiger charge is 2.16. The van der Waals surface area contributed by atoms with Crippen LogP contribution in [0.1, 0.15) is 11.3 Å². The minimum atomic E-state index is -0.235. The molecule has 0 aliphatic carbocycles. The van der Waals surface area contributed by atoms with Crippen LogP contribution in [-0.4, -0.2) is 6.54 Å². The Balaban J connectivity index is 2.07. The molecule has 0 fully saturated rings. The number of hydrogen-bond donors (Lipinski definition) is 1. The van der Waals surface area contributed by atoms with Gasteiger partial charge in [-0.25, -0.2) is 4.39 Å². The van der Waals surface area contributed by atoms with Crippen molar-refractivity contribution in [3.8, 4) is 11.3 Å². The number of benzene rings is 1. The molecule has 3 rings (SSSR count). The molecule has 2 aromatic rings. The van der Waals surface area contributed by atoms with Crippen LogP contribution in [0.15, 0.2) is 34.7 Å². The summed E-state index contributed by atoms with van der Waals surface area (Å²) < 4.78 is 19.2. The van der Waals surface area contributed by atoms with E-state index in [2.05, 4.69) is 5.32 Å². The number of fused-ring (bicyclic) bond motifs is 1. The third kappa shape index (κ3) is 1.53. The van der Waals surface area contributed by atoms with Gasteiger partial charge in [0.2, 0.25) is 0 Å². The van der Waals surface area contributed by atoms with Crippen molar-refractivity contribution in [1.82, 2.24) is 5.32 Å². The first kappa shape index (κ1) is 9.60. The van der Waals surface area contributed by atoms with E-state index >= 15 is 0 Å².